The number of benzene rings is 2. The van der Waals surface area contributed by atoms with Crippen molar-refractivity contribution in [1.82, 2.24) is 13.5 Å². The number of hydrogen-bond donors (Lipinski definition) is 1. The first kappa shape index (κ1) is 17.6. The molecule has 1 N–H and O–H groups in total. The standard InChI is InChI=1S/C14H10F3N3O3S2/c15-14(16,17)23-11-6-2-1-4-9(11)8-18-25(21,22)12-7-3-5-10-13(12)20-24-19-10/h1-7,18H,8H2. The normalized spacial score (nSPS) is 12.4. The number of halogens is 3. The summed E-state index contributed by atoms with van der Waals surface area (Å²) in [6, 6.07) is 9.78. The molecule has 0 atom stereocenters. The van der Waals surface area contributed by atoms with Gasteiger partial charge >= 0.3 is 6.36 Å². The molecule has 1 aromatic heterocycles. The summed E-state index contributed by atoms with van der Waals surface area (Å²) in [4.78, 5) is -0.0898. The first-order valence-electron chi connectivity index (χ1n) is 6.81. The average Bonchev–Trinajstić information content (AvgIpc) is 3.01. The number of nitrogens with one attached hydrogen (secondary N) is 1. The van der Waals surface area contributed by atoms with E-state index in [1.165, 1.54) is 30.3 Å². The zero-order valence-corrected chi connectivity index (χ0v) is 14.0. The Morgan fingerprint density at radius 1 is 1.08 bits per heavy atom. The van der Waals surface area contributed by atoms with Crippen molar-refractivity contribution >= 4 is 32.8 Å². The van der Waals surface area contributed by atoms with Crippen molar-refractivity contribution < 1.29 is 26.3 Å². The summed E-state index contributed by atoms with van der Waals surface area (Å²) in [7, 11) is -4.00. The average molecular weight is 389 g/mol. The predicted octanol–water partition coefficient (Wildman–Crippen LogP) is 3.07. The van der Waals surface area contributed by atoms with Gasteiger partial charge in [-0.2, -0.15) is 8.75 Å². The highest BCUT2D eigenvalue weighted by Crippen LogP contribution is 2.27. The third-order valence-corrected chi connectivity index (χ3v) is 5.16. The van der Waals surface area contributed by atoms with Gasteiger partial charge < -0.3 is 4.74 Å². The maximum atomic E-state index is 12.5. The molecule has 0 bridgehead atoms. The molecular formula is C14H10F3N3O3S2. The SMILES string of the molecule is O=S(=O)(NCc1ccccc1OC(F)(F)F)c1cccc2nsnc12. The second kappa shape index (κ2) is 6.58. The Labute approximate surface area is 144 Å². The van der Waals surface area contributed by atoms with Gasteiger partial charge in [0, 0.05) is 12.1 Å². The number of rotatable bonds is 5. The Balaban J connectivity index is 1.85. The molecule has 0 radical (unpaired) electrons. The fraction of sp³-hybridized carbons (Fsp3) is 0.143. The van der Waals surface area contributed by atoms with E-state index in [2.05, 4.69) is 18.2 Å². The van der Waals surface area contributed by atoms with Gasteiger partial charge in [-0.05, 0) is 18.2 Å². The first-order chi connectivity index (χ1) is 11.8. The molecule has 132 valence electrons. The van der Waals surface area contributed by atoms with Crippen molar-refractivity contribution in [3.05, 3.63) is 48.0 Å². The summed E-state index contributed by atoms with van der Waals surface area (Å²) in [6.45, 7) is -0.372. The van der Waals surface area contributed by atoms with Crippen molar-refractivity contribution in [2.45, 2.75) is 17.8 Å². The second-order valence-electron chi connectivity index (χ2n) is 4.87. The van der Waals surface area contributed by atoms with Crippen molar-refractivity contribution in [3.8, 4) is 5.75 Å². The van der Waals surface area contributed by atoms with Crippen molar-refractivity contribution in [3.63, 3.8) is 0 Å². The molecule has 11 heteroatoms. The van der Waals surface area contributed by atoms with Crippen LogP contribution < -0.4 is 9.46 Å². The molecule has 0 saturated heterocycles. The largest absolute Gasteiger partial charge is 0.573 e. The lowest BCUT2D eigenvalue weighted by Crippen LogP contribution is -2.25. The molecule has 3 aromatic rings. The third-order valence-electron chi connectivity index (χ3n) is 3.19. The van der Waals surface area contributed by atoms with Crippen LogP contribution in [0.5, 0.6) is 5.75 Å². The van der Waals surface area contributed by atoms with Crippen LogP contribution in [-0.4, -0.2) is 23.5 Å². The molecule has 0 unspecified atom stereocenters. The molecule has 25 heavy (non-hydrogen) atoms. The summed E-state index contributed by atoms with van der Waals surface area (Å²) in [5, 5.41) is 0. The fourth-order valence-corrected chi connectivity index (χ4v) is 3.89. The van der Waals surface area contributed by atoms with E-state index >= 15 is 0 Å². The molecule has 0 amide bonds. The van der Waals surface area contributed by atoms with Gasteiger partial charge in [0.2, 0.25) is 10.0 Å². The van der Waals surface area contributed by atoms with Gasteiger partial charge in [0.05, 0.1) is 11.7 Å². The van der Waals surface area contributed by atoms with Crippen molar-refractivity contribution in [1.29, 1.82) is 0 Å². The lowest BCUT2D eigenvalue weighted by Gasteiger charge is -2.13. The van der Waals surface area contributed by atoms with Gasteiger partial charge in [-0.25, -0.2) is 13.1 Å². The van der Waals surface area contributed by atoms with Crippen LogP contribution in [0.1, 0.15) is 5.56 Å². The Bertz CT molecular complexity index is 1000. The van der Waals surface area contributed by atoms with Crippen LogP contribution in [0.25, 0.3) is 11.0 Å². The Kier molecular flexibility index (Phi) is 4.62. The van der Waals surface area contributed by atoms with Gasteiger partial charge in [0.1, 0.15) is 21.7 Å². The van der Waals surface area contributed by atoms with Crippen LogP contribution in [0.15, 0.2) is 47.4 Å². The quantitative estimate of drug-likeness (QED) is 0.725. The third kappa shape index (κ3) is 4.06. The predicted molar refractivity (Wildman–Crippen MR) is 84.6 cm³/mol. The summed E-state index contributed by atoms with van der Waals surface area (Å²) < 4.78 is 76.3. The van der Waals surface area contributed by atoms with Gasteiger partial charge in [-0.15, -0.1) is 13.2 Å². The first-order valence-corrected chi connectivity index (χ1v) is 9.02. The highest BCUT2D eigenvalue weighted by atomic mass is 32.2. The van der Waals surface area contributed by atoms with Gasteiger partial charge in [-0.3, -0.25) is 0 Å². The molecule has 3 rings (SSSR count). The van der Waals surface area contributed by atoms with E-state index < -0.39 is 22.1 Å². The fourth-order valence-electron chi connectivity index (χ4n) is 2.12. The minimum absolute atomic E-state index is 0.0481. The number of aromatic nitrogens is 2. The van der Waals surface area contributed by atoms with E-state index in [0.717, 1.165) is 17.8 Å². The zero-order valence-electron chi connectivity index (χ0n) is 12.3. The van der Waals surface area contributed by atoms with Crippen LogP contribution in [0.2, 0.25) is 0 Å². The smallest absolute Gasteiger partial charge is 0.405 e. The molecule has 0 aliphatic carbocycles. The van der Waals surface area contributed by atoms with E-state index in [0.29, 0.717) is 5.52 Å². The Hall–Kier alpha value is -2.24. The highest BCUT2D eigenvalue weighted by molar-refractivity contribution is 7.89. The Morgan fingerprint density at radius 2 is 1.84 bits per heavy atom. The molecular weight excluding hydrogens is 379 g/mol. The van der Waals surface area contributed by atoms with Crippen LogP contribution >= 0.6 is 11.7 Å². The summed E-state index contributed by atoms with van der Waals surface area (Å²) in [5.41, 5.74) is 0.681. The minimum atomic E-state index is -4.87. The topological polar surface area (TPSA) is 81.2 Å². The van der Waals surface area contributed by atoms with Crippen molar-refractivity contribution in [2.75, 3.05) is 0 Å². The number of nitrogens with zero attached hydrogens (tertiary/aromatic N) is 2. The zero-order chi connectivity index (χ0) is 18.1. The summed E-state index contributed by atoms with van der Waals surface area (Å²) in [5.74, 6) is -0.466. The maximum Gasteiger partial charge on any atom is 0.573 e. The van der Waals surface area contributed by atoms with E-state index in [-0.39, 0.29) is 22.5 Å². The molecule has 0 spiro atoms. The summed E-state index contributed by atoms with van der Waals surface area (Å²) in [6.07, 6.45) is -4.87. The minimum Gasteiger partial charge on any atom is -0.405 e. The molecule has 1 heterocycles. The van der Waals surface area contributed by atoms with Gasteiger partial charge in [-0.1, -0.05) is 24.3 Å². The molecule has 0 fully saturated rings. The molecule has 2 aromatic carbocycles. The monoisotopic (exact) mass is 389 g/mol. The molecule has 0 aliphatic heterocycles. The molecule has 0 saturated carbocycles. The van der Waals surface area contributed by atoms with Gasteiger partial charge in [0.25, 0.3) is 0 Å². The van der Waals surface area contributed by atoms with E-state index in [1.807, 2.05) is 0 Å². The number of ether oxygens (including phenoxy) is 1. The number of hydrogen-bond acceptors (Lipinski definition) is 6. The van der Waals surface area contributed by atoms with Crippen LogP contribution in [0, 0.1) is 0 Å². The van der Waals surface area contributed by atoms with Crippen LogP contribution in [0.4, 0.5) is 13.2 Å². The number of sulfonamides is 1. The Morgan fingerprint density at radius 3 is 2.60 bits per heavy atom. The van der Waals surface area contributed by atoms with Crippen LogP contribution in [0.3, 0.4) is 0 Å². The van der Waals surface area contributed by atoms with E-state index in [9.17, 15) is 21.6 Å². The van der Waals surface area contributed by atoms with Crippen molar-refractivity contribution in [2.24, 2.45) is 0 Å². The molecule has 6 nitrogen and oxygen atoms in total. The highest BCUT2D eigenvalue weighted by Gasteiger charge is 2.32. The molecule has 0 aliphatic rings. The van der Waals surface area contributed by atoms with Crippen LogP contribution in [-0.2, 0) is 16.6 Å². The number of alkyl halides is 3. The number of para-hydroxylation sites is 1. The van der Waals surface area contributed by atoms with Gasteiger partial charge in [0.15, 0.2) is 0 Å². The number of fused-ring (bicyclic) bond motifs is 1. The van der Waals surface area contributed by atoms with E-state index in [4.69, 9.17) is 0 Å². The second-order valence-corrected chi connectivity index (χ2v) is 7.13. The maximum absolute atomic E-state index is 12.5. The lowest BCUT2D eigenvalue weighted by molar-refractivity contribution is -0.274. The lowest BCUT2D eigenvalue weighted by atomic mass is 10.2. The summed E-state index contributed by atoms with van der Waals surface area (Å²) >= 11 is 0.869. The van der Waals surface area contributed by atoms with E-state index in [1.54, 1.807) is 6.07 Å².